The maximum absolute atomic E-state index is 11.1. The number of hydrogen-bond donors (Lipinski definition) is 14. The fourth-order valence-corrected chi connectivity index (χ4v) is 22.8. The number of aliphatic hydroxyl groups is 8. The van der Waals surface area contributed by atoms with E-state index in [0.717, 1.165) is 80.2 Å². The van der Waals surface area contributed by atoms with Crippen LogP contribution in [0.15, 0.2) is 189 Å². The first-order valence-electron chi connectivity index (χ1n) is 43.9. The van der Waals surface area contributed by atoms with Crippen LogP contribution in [0.3, 0.4) is 0 Å². The van der Waals surface area contributed by atoms with E-state index in [1.165, 1.54) is 6.92 Å². The number of rotatable bonds is 24. The first-order valence-corrected chi connectivity index (χ1v) is 63.1. The molecule has 0 spiro atoms. The second-order valence-corrected chi connectivity index (χ2v) is 66.9. The quantitative estimate of drug-likeness (QED) is 0.0309. The molecular formula is C91H149BrN18O16P6. The summed E-state index contributed by atoms with van der Waals surface area (Å²) in [4.78, 5) is 46.3. The van der Waals surface area contributed by atoms with Gasteiger partial charge < -0.3 is 137 Å². The Bertz CT molecular complexity index is 4970. The van der Waals surface area contributed by atoms with E-state index in [4.69, 9.17) is 61.8 Å². The molecule has 736 valence electrons. The molecular weight excluding hydrogens is 1870 g/mol. The normalized spacial score (nSPS) is 33.7. The monoisotopic (exact) mass is 2010 g/mol. The number of ether oxygens (including phenoxy) is 7. The predicted molar refractivity (Wildman–Crippen MR) is 559 cm³/mol. The Hall–Kier alpha value is -6.41. The molecule has 0 saturated carbocycles. The molecule has 7 saturated heterocycles. The van der Waals surface area contributed by atoms with E-state index in [2.05, 4.69) is 208 Å². The van der Waals surface area contributed by atoms with Crippen molar-refractivity contribution in [3.63, 3.8) is 0 Å². The standard InChI is InChI=1S/C16H26N3O4P.C16H26N3O3P.C15H24N3O3P.C15H26N3O2P.C15H24N3O2P.C14H23BrN3O2P/c1-10-17-13(18-11(2)20)6-8-19(10)16-15(22)14(21)12(23-16)7-9-24(3,4)5;1-10-8-19(11(2)18-14(10)17)15-12-13(20)16(22-15,9-21-12)6-7-23(3,4)5;1-10-17-11(16)5-7-18(10)14-12-13(19)15(21-14,9-20-12)6-8-22(2,3)4;1-10-14(19)12(7-9-21(3,4)5)20-15(10)18-8-6-13(16)17-11(18)2;1-10-17-13(16)5-7-18(10)12-9-11(14(19)15(12)20)6-8-21(2,3)4;1-9-17-11(16)5-7-18(9)14-12(15)13(19)10(20-14)6-8-21(2,3)4/h6,8,12,14-16,21-22H,1,3,7,9H2,2,4-5H3,(H,17,18,20);8,12-13,15,20H,2-3,6-7,9H2,1,4-5H3,(H2,17,18);5,7,12-14,19H,1-2,6,8-9H2,3-4H3,(H2,16,17);6,8,10,12,14-15,19H,2-3,7,9H2,1,4-5H3,(H2,16,17);5,7,9,12,14-15,19-20H,1-2,6,8H2,3-4H3,(H2,16,17);5,7,10,12-14,19H,1-2,6,8H2,3-4H3,(H2,16,17)/t12-,14-,15-,16?;12-,13+,15?,16+;12-,13+,14?,15+;10-,12-,14+,15?;12?,14-,15+;10-,12-,13-,14?/m111111/s1. The average Bonchev–Trinajstić information content (AvgIpc) is 1.57. The van der Waals surface area contributed by atoms with Crippen LogP contribution in [0.5, 0.6) is 0 Å². The number of fused-ring (bicyclic) bond motifs is 4. The van der Waals surface area contributed by atoms with Crippen LogP contribution in [0.25, 0.3) is 0 Å². The SMILES string of the molecule is C=C1N=C(N)C(C)=CN1C1O[C@@]2(CCP(=C)(C)C)CO[C@@H]1[C@@H]2O.C=C1N=C(N)C=CN1C1C=C(CCP(=C)(C)C)[C@@H](O)[C@H]1O.C=C1N=C(N)C=CN1C1O[C@@]2(CCP(=C)(C)C)CO[C@@H]1[C@@H]2O.C=C1N=C(N)C=CN1C1O[C@H](CCP(=C)(C)C)[C@@H](O)[C@H]1Br.C=C1N=C(N)C=CN1C1O[C@H](CCP(=C)(C)C)[C@@H](O)[C@H]1C.C=C1N=C(NC(C)=O)C=CN1C1O[C@H](CCP(=C)(C)C)[C@@H](O)[C@H]1O. The molecule has 6 unspecified atom stereocenters. The van der Waals surface area contributed by atoms with Gasteiger partial charge in [-0.05, 0) is 198 Å². The van der Waals surface area contributed by atoms with Crippen LogP contribution >= 0.6 is 57.2 Å². The molecule has 132 heavy (non-hydrogen) atoms. The summed E-state index contributed by atoms with van der Waals surface area (Å²) < 4.78 is 42.1. The van der Waals surface area contributed by atoms with Crippen molar-refractivity contribution in [3.05, 3.63) is 159 Å². The minimum absolute atomic E-state index is 0.0165. The van der Waals surface area contributed by atoms with E-state index in [0.29, 0.717) is 89.6 Å². The van der Waals surface area contributed by atoms with Crippen molar-refractivity contribution in [2.45, 2.75) is 192 Å². The third-order valence-corrected chi connectivity index (χ3v) is 33.9. The summed E-state index contributed by atoms with van der Waals surface area (Å²) in [5.41, 5.74) is 28.8. The zero-order chi connectivity index (χ0) is 98.5. The fraction of sp³-hybridized carbons (Fsp3) is 0.571. The maximum atomic E-state index is 11.1. The smallest absolute Gasteiger partial charge is 0.222 e. The summed E-state index contributed by atoms with van der Waals surface area (Å²) in [7, 11) is 0. The molecule has 41 heteroatoms. The molecule has 19 N–H and O–H groups in total. The lowest BCUT2D eigenvalue weighted by molar-refractivity contribution is -0.181. The summed E-state index contributed by atoms with van der Waals surface area (Å²) in [6, 6.07) is -0.359. The van der Waals surface area contributed by atoms with Gasteiger partial charge in [-0.1, -0.05) is 68.4 Å². The van der Waals surface area contributed by atoms with Crippen LogP contribution in [-0.4, -0.2) is 412 Å². The summed E-state index contributed by atoms with van der Waals surface area (Å²) >= 11 is 3.53. The van der Waals surface area contributed by atoms with Crippen LogP contribution in [0.2, 0.25) is 0 Å². The van der Waals surface area contributed by atoms with E-state index < -0.39 is 138 Å². The lowest BCUT2D eigenvalue weighted by Crippen LogP contribution is -2.46. The zero-order valence-corrected chi connectivity index (χ0v) is 86.5. The molecule has 23 atom stereocenters. The van der Waals surface area contributed by atoms with Gasteiger partial charge in [0.15, 0.2) is 24.9 Å². The third-order valence-electron chi connectivity index (χ3n) is 24.2. The van der Waals surface area contributed by atoms with E-state index in [1.807, 2.05) is 42.1 Å². The molecule has 1 aliphatic carbocycles. The number of alkyl halides is 1. The van der Waals surface area contributed by atoms with Crippen molar-refractivity contribution in [2.75, 3.05) is 130 Å². The van der Waals surface area contributed by atoms with Gasteiger partial charge in [-0.15, -0.1) is 79.1 Å². The fourth-order valence-electron chi connectivity index (χ4n) is 16.4. The van der Waals surface area contributed by atoms with Gasteiger partial charge in [0, 0.05) is 55.6 Å². The van der Waals surface area contributed by atoms with Crippen molar-refractivity contribution in [2.24, 2.45) is 64.5 Å². The molecule has 7 fully saturated rings. The van der Waals surface area contributed by atoms with Gasteiger partial charge in [-0.3, -0.25) is 4.79 Å². The number of amides is 1. The summed E-state index contributed by atoms with van der Waals surface area (Å²) in [6.45, 7) is 48.4. The van der Waals surface area contributed by atoms with Gasteiger partial charge in [0.05, 0.1) is 54.6 Å². The van der Waals surface area contributed by atoms with Gasteiger partial charge >= 0.3 is 0 Å². The van der Waals surface area contributed by atoms with E-state index >= 15 is 0 Å². The number of halogens is 1. The molecule has 4 bridgehead atoms. The first kappa shape index (κ1) is 109. The molecule has 14 aliphatic rings. The van der Waals surface area contributed by atoms with Crippen molar-refractivity contribution >= 4 is 136 Å². The Morgan fingerprint density at radius 2 is 0.818 bits per heavy atom. The summed E-state index contributed by atoms with van der Waals surface area (Å²) in [5.74, 6) is 5.07. The predicted octanol–water partition coefficient (Wildman–Crippen LogP) is 5.79. The molecule has 0 aromatic rings. The highest BCUT2D eigenvalue weighted by atomic mass is 79.9. The number of hydrogen-bond acceptors (Lipinski definition) is 33. The maximum Gasteiger partial charge on any atom is 0.222 e. The van der Waals surface area contributed by atoms with Crippen molar-refractivity contribution in [3.8, 4) is 0 Å². The van der Waals surface area contributed by atoms with Crippen molar-refractivity contribution in [1.29, 1.82) is 0 Å². The molecule has 1 amide bonds. The molecule has 0 aromatic carbocycles. The average molecular weight is 2020 g/mol. The second kappa shape index (κ2) is 44.2. The Morgan fingerprint density at radius 1 is 0.462 bits per heavy atom. The Labute approximate surface area is 790 Å². The van der Waals surface area contributed by atoms with Crippen LogP contribution in [0.1, 0.15) is 59.3 Å². The van der Waals surface area contributed by atoms with Gasteiger partial charge in [-0.2, -0.15) is 0 Å². The van der Waals surface area contributed by atoms with E-state index in [1.54, 1.807) is 74.8 Å². The molecule has 13 heterocycles. The van der Waals surface area contributed by atoms with Crippen molar-refractivity contribution in [1.82, 2.24) is 34.7 Å². The highest BCUT2D eigenvalue weighted by Crippen LogP contribution is 2.52. The molecule has 0 radical (unpaired) electrons. The Morgan fingerprint density at radius 3 is 1.23 bits per heavy atom. The summed E-state index contributed by atoms with van der Waals surface area (Å²) in [5, 5.41) is 85.8. The number of nitrogens with two attached hydrogens (primary N) is 5. The lowest BCUT2D eigenvalue weighted by Gasteiger charge is -2.37. The van der Waals surface area contributed by atoms with Crippen LogP contribution < -0.4 is 34.0 Å². The molecule has 14 rings (SSSR count). The molecule has 0 aromatic heterocycles. The number of nitrogens with zero attached hydrogens (tertiary/aromatic N) is 12. The third kappa shape index (κ3) is 28.7. The Kier molecular flexibility index (Phi) is 36.5. The number of amidine groups is 6. The van der Waals surface area contributed by atoms with Crippen LogP contribution in [0.4, 0.5) is 0 Å². The van der Waals surface area contributed by atoms with Gasteiger partial charge in [-0.25, -0.2) is 30.0 Å². The van der Waals surface area contributed by atoms with Gasteiger partial charge in [0.2, 0.25) is 5.91 Å². The summed E-state index contributed by atoms with van der Waals surface area (Å²) in [6.07, 6.45) is 46.4. The number of nitrogens with one attached hydrogen (secondary N) is 1. The minimum Gasteiger partial charge on any atom is -0.390 e. The number of carbonyl (C=O) groups excluding carboxylic acids is 1. The first-order chi connectivity index (χ1) is 61.0. The highest BCUT2D eigenvalue weighted by molar-refractivity contribution is 9.09. The molecule has 13 aliphatic heterocycles. The zero-order valence-electron chi connectivity index (χ0n) is 79.6. The largest absolute Gasteiger partial charge is 0.390 e. The number of carbonyl (C=O) groups is 1. The number of aliphatic hydroxyl groups excluding tert-OH is 8. The van der Waals surface area contributed by atoms with Crippen LogP contribution in [-0.2, 0) is 38.0 Å². The second-order valence-electron chi connectivity index (χ2n) is 39.9. The van der Waals surface area contributed by atoms with Gasteiger partial charge in [0.25, 0.3) is 0 Å². The minimum atomic E-state index is -1.23. The van der Waals surface area contributed by atoms with E-state index in [-0.39, 0.29) is 47.4 Å². The topological polar surface area (TPSA) is 479 Å². The van der Waals surface area contributed by atoms with E-state index in [9.17, 15) is 45.6 Å². The van der Waals surface area contributed by atoms with Crippen LogP contribution in [0, 0.1) is 5.92 Å². The lowest BCUT2D eigenvalue weighted by atomic mass is 9.96. The van der Waals surface area contributed by atoms with Gasteiger partial charge in [0.1, 0.15) is 136 Å². The molecule has 34 nitrogen and oxygen atoms in total. The highest BCUT2D eigenvalue weighted by Gasteiger charge is 2.64. The van der Waals surface area contributed by atoms with Crippen molar-refractivity contribution < 1.29 is 78.8 Å². The Balaban J connectivity index is 0.000000178. The number of aliphatic imine (C=N–C) groups is 6.